The number of hydrogen-bond donors (Lipinski definition) is 1. The van der Waals surface area contributed by atoms with Gasteiger partial charge in [0.2, 0.25) is 0 Å². The van der Waals surface area contributed by atoms with Crippen molar-refractivity contribution in [3.05, 3.63) is 29.8 Å². The van der Waals surface area contributed by atoms with E-state index in [0.29, 0.717) is 5.92 Å². The summed E-state index contributed by atoms with van der Waals surface area (Å²) >= 11 is 1.95. The Morgan fingerprint density at radius 2 is 2.06 bits per heavy atom. The second-order valence-electron chi connectivity index (χ2n) is 5.63. The monoisotopic (exact) mass is 263 g/mol. The molecule has 1 aliphatic heterocycles. The molecule has 1 heterocycles. The van der Waals surface area contributed by atoms with Crippen LogP contribution in [-0.2, 0) is 4.74 Å². The van der Waals surface area contributed by atoms with E-state index in [1.807, 2.05) is 11.8 Å². The third-order valence-corrected chi connectivity index (χ3v) is 5.36. The molecule has 1 saturated carbocycles. The summed E-state index contributed by atoms with van der Waals surface area (Å²) in [5.41, 5.74) is 7.73. The molecule has 1 aromatic rings. The van der Waals surface area contributed by atoms with Gasteiger partial charge in [0, 0.05) is 22.1 Å². The molecule has 2 aliphatic rings. The lowest BCUT2D eigenvalue weighted by Crippen LogP contribution is -2.41. The summed E-state index contributed by atoms with van der Waals surface area (Å²) in [5, 5.41) is 0. The van der Waals surface area contributed by atoms with E-state index >= 15 is 0 Å². The molecule has 2 nitrogen and oxygen atoms in total. The van der Waals surface area contributed by atoms with Crippen molar-refractivity contribution >= 4 is 11.8 Å². The zero-order chi connectivity index (χ0) is 12.4. The number of ether oxygens (including phenoxy) is 1. The van der Waals surface area contributed by atoms with Gasteiger partial charge in [0.1, 0.15) is 0 Å². The fourth-order valence-electron chi connectivity index (χ4n) is 3.00. The molecule has 0 radical (unpaired) electrons. The molecule has 0 spiro atoms. The van der Waals surface area contributed by atoms with Crippen molar-refractivity contribution in [2.24, 2.45) is 5.73 Å². The fraction of sp³-hybridized carbons (Fsp3) is 0.600. The van der Waals surface area contributed by atoms with Gasteiger partial charge in [-0.15, -0.1) is 11.8 Å². The first-order valence-electron chi connectivity index (χ1n) is 6.85. The van der Waals surface area contributed by atoms with Gasteiger partial charge in [-0.25, -0.2) is 0 Å². The summed E-state index contributed by atoms with van der Waals surface area (Å²) in [6.07, 6.45) is 4.79. The van der Waals surface area contributed by atoms with E-state index in [4.69, 9.17) is 10.5 Å². The van der Waals surface area contributed by atoms with E-state index in [0.717, 1.165) is 31.8 Å². The second kappa shape index (κ2) is 5.24. The van der Waals surface area contributed by atoms with Crippen LogP contribution in [0, 0.1) is 0 Å². The lowest BCUT2D eigenvalue weighted by molar-refractivity contribution is 0.0797. The molecule has 1 atom stereocenters. The quantitative estimate of drug-likeness (QED) is 0.906. The van der Waals surface area contributed by atoms with Crippen LogP contribution in [0.15, 0.2) is 29.2 Å². The molecular formula is C15H21NOS. The molecule has 0 aromatic heterocycles. The first kappa shape index (κ1) is 12.5. The van der Waals surface area contributed by atoms with Crippen LogP contribution >= 0.6 is 11.8 Å². The van der Waals surface area contributed by atoms with Gasteiger partial charge in [-0.1, -0.05) is 31.0 Å². The van der Waals surface area contributed by atoms with Crippen molar-refractivity contribution in [3.63, 3.8) is 0 Å². The second-order valence-corrected chi connectivity index (χ2v) is 6.69. The van der Waals surface area contributed by atoms with Crippen LogP contribution in [-0.4, -0.2) is 24.5 Å². The average molecular weight is 263 g/mol. The topological polar surface area (TPSA) is 35.2 Å². The Bertz CT molecular complexity index is 415. The van der Waals surface area contributed by atoms with E-state index in [2.05, 4.69) is 24.3 Å². The summed E-state index contributed by atoms with van der Waals surface area (Å²) in [6.45, 7) is 1.55. The van der Waals surface area contributed by atoms with Crippen molar-refractivity contribution in [3.8, 4) is 0 Å². The summed E-state index contributed by atoms with van der Waals surface area (Å²) in [4.78, 5) is 1.43. The first-order valence-corrected chi connectivity index (χ1v) is 7.84. The van der Waals surface area contributed by atoms with Gasteiger partial charge >= 0.3 is 0 Å². The summed E-state index contributed by atoms with van der Waals surface area (Å²) in [6, 6.07) is 8.68. The van der Waals surface area contributed by atoms with Crippen LogP contribution in [0.5, 0.6) is 0 Å². The molecule has 98 valence electrons. The molecule has 1 aromatic carbocycles. The Morgan fingerprint density at radius 1 is 1.28 bits per heavy atom. The molecule has 1 aliphatic carbocycles. The Morgan fingerprint density at radius 3 is 2.89 bits per heavy atom. The van der Waals surface area contributed by atoms with Crippen molar-refractivity contribution < 1.29 is 4.74 Å². The number of fused-ring (bicyclic) bond motifs is 1. The first-order chi connectivity index (χ1) is 8.77. The van der Waals surface area contributed by atoms with Gasteiger partial charge < -0.3 is 10.5 Å². The maximum absolute atomic E-state index is 6.31. The molecule has 0 saturated heterocycles. The highest BCUT2D eigenvalue weighted by atomic mass is 32.2. The third-order valence-electron chi connectivity index (χ3n) is 4.11. The van der Waals surface area contributed by atoms with Crippen LogP contribution in [0.3, 0.4) is 0 Å². The zero-order valence-electron chi connectivity index (χ0n) is 10.7. The SMILES string of the molecule is NC1(COCC2CSc3ccccc32)CCCC1. The van der Waals surface area contributed by atoms with Crippen molar-refractivity contribution in [1.82, 2.24) is 0 Å². The van der Waals surface area contributed by atoms with Crippen LogP contribution in [0.25, 0.3) is 0 Å². The van der Waals surface area contributed by atoms with Gasteiger partial charge in [-0.05, 0) is 24.5 Å². The Hall–Kier alpha value is -0.510. The Labute approximate surface area is 113 Å². The molecule has 1 unspecified atom stereocenters. The van der Waals surface area contributed by atoms with Crippen LogP contribution in [0.1, 0.15) is 37.2 Å². The minimum Gasteiger partial charge on any atom is -0.379 e. The lowest BCUT2D eigenvalue weighted by atomic mass is 10.00. The molecular weight excluding hydrogens is 242 g/mol. The average Bonchev–Trinajstić information content (AvgIpc) is 2.97. The fourth-order valence-corrected chi connectivity index (χ4v) is 4.23. The van der Waals surface area contributed by atoms with Gasteiger partial charge in [0.25, 0.3) is 0 Å². The highest BCUT2D eigenvalue weighted by Crippen LogP contribution is 2.39. The van der Waals surface area contributed by atoms with Gasteiger partial charge in [0.05, 0.1) is 13.2 Å². The van der Waals surface area contributed by atoms with Gasteiger partial charge in [-0.2, -0.15) is 0 Å². The number of benzene rings is 1. The van der Waals surface area contributed by atoms with E-state index in [-0.39, 0.29) is 5.54 Å². The summed E-state index contributed by atoms with van der Waals surface area (Å²) in [7, 11) is 0. The molecule has 0 bridgehead atoms. The highest BCUT2D eigenvalue weighted by molar-refractivity contribution is 7.99. The maximum Gasteiger partial charge on any atom is 0.0646 e. The van der Waals surface area contributed by atoms with Gasteiger partial charge in [-0.3, -0.25) is 0 Å². The maximum atomic E-state index is 6.31. The molecule has 0 amide bonds. The predicted molar refractivity (Wildman–Crippen MR) is 76.1 cm³/mol. The minimum absolute atomic E-state index is 0.0364. The molecule has 2 N–H and O–H groups in total. The predicted octanol–water partition coefficient (Wildman–Crippen LogP) is 3.16. The minimum atomic E-state index is -0.0364. The summed E-state index contributed by atoms with van der Waals surface area (Å²) < 4.78 is 5.92. The standard InChI is InChI=1S/C15H21NOS/c16-15(7-3-4-8-15)11-17-9-12-10-18-14-6-2-1-5-13(12)14/h1-2,5-6,12H,3-4,7-11,16H2. The molecule has 3 heteroatoms. The van der Waals surface area contributed by atoms with E-state index < -0.39 is 0 Å². The van der Waals surface area contributed by atoms with E-state index in [1.54, 1.807) is 0 Å². The van der Waals surface area contributed by atoms with Crippen LogP contribution < -0.4 is 5.73 Å². The zero-order valence-corrected chi connectivity index (χ0v) is 11.5. The smallest absolute Gasteiger partial charge is 0.0646 e. The molecule has 3 rings (SSSR count). The number of nitrogens with two attached hydrogens (primary N) is 1. The molecule has 1 fully saturated rings. The summed E-state index contributed by atoms with van der Waals surface area (Å²) in [5.74, 6) is 1.70. The van der Waals surface area contributed by atoms with E-state index in [9.17, 15) is 0 Å². The van der Waals surface area contributed by atoms with Crippen LogP contribution in [0.4, 0.5) is 0 Å². The van der Waals surface area contributed by atoms with Crippen LogP contribution in [0.2, 0.25) is 0 Å². The number of rotatable bonds is 4. The van der Waals surface area contributed by atoms with E-state index in [1.165, 1.54) is 23.3 Å². The van der Waals surface area contributed by atoms with Gasteiger partial charge in [0.15, 0.2) is 0 Å². The molecule has 18 heavy (non-hydrogen) atoms. The largest absolute Gasteiger partial charge is 0.379 e. The Balaban J connectivity index is 1.53. The highest BCUT2D eigenvalue weighted by Gasteiger charge is 2.30. The third kappa shape index (κ3) is 2.58. The number of hydrogen-bond acceptors (Lipinski definition) is 3. The van der Waals surface area contributed by atoms with Crippen molar-refractivity contribution in [2.75, 3.05) is 19.0 Å². The lowest BCUT2D eigenvalue weighted by Gasteiger charge is -2.24. The van der Waals surface area contributed by atoms with Crippen molar-refractivity contribution in [2.45, 2.75) is 42.0 Å². The number of thioether (sulfide) groups is 1. The normalized spacial score (nSPS) is 25.3. The van der Waals surface area contributed by atoms with Crippen molar-refractivity contribution in [1.29, 1.82) is 0 Å². The Kier molecular flexibility index (Phi) is 3.64.